The number of fused-ring (bicyclic) bond motifs is 1. The summed E-state index contributed by atoms with van der Waals surface area (Å²) in [6.45, 7) is 4.48. The maximum Gasteiger partial charge on any atom is 0.229 e. The lowest BCUT2D eigenvalue weighted by molar-refractivity contribution is -0.118. The van der Waals surface area contributed by atoms with Crippen molar-refractivity contribution in [1.82, 2.24) is 9.97 Å². The zero-order chi connectivity index (χ0) is 22.5. The van der Waals surface area contributed by atoms with Crippen molar-refractivity contribution >= 4 is 56.0 Å². The minimum atomic E-state index is 0.0491. The maximum atomic E-state index is 13.3. The second-order valence-corrected chi connectivity index (χ2v) is 10.2. The van der Waals surface area contributed by atoms with E-state index in [0.717, 1.165) is 33.6 Å². The number of aryl methyl sites for hydroxylation is 2. The zero-order valence-electron chi connectivity index (χ0n) is 18.0. The molecule has 1 amide bonds. The first-order chi connectivity index (χ1) is 15.5. The first-order valence-corrected chi connectivity index (χ1v) is 12.6. The highest BCUT2D eigenvalue weighted by molar-refractivity contribution is 7.99. The molecule has 0 bridgehead atoms. The van der Waals surface area contributed by atoms with Crippen LogP contribution >= 0.6 is 34.7 Å². The Morgan fingerprint density at radius 2 is 1.91 bits per heavy atom. The third-order valence-corrected chi connectivity index (χ3v) is 7.73. The molecule has 32 heavy (non-hydrogen) atoms. The predicted molar refractivity (Wildman–Crippen MR) is 136 cm³/mol. The average molecular weight is 482 g/mol. The summed E-state index contributed by atoms with van der Waals surface area (Å²) in [6.07, 6.45) is 2.99. The van der Waals surface area contributed by atoms with Gasteiger partial charge >= 0.3 is 0 Å². The fraction of sp³-hybridized carbons (Fsp3) is 0.240. The number of amides is 1. The summed E-state index contributed by atoms with van der Waals surface area (Å²) in [4.78, 5) is 25.4. The number of thioether (sulfide) groups is 1. The molecular formula is C25H24ClN3OS2. The topological polar surface area (TPSA) is 46.1 Å². The molecule has 4 nitrogen and oxygen atoms in total. The lowest BCUT2D eigenvalue weighted by Crippen LogP contribution is -2.30. The Morgan fingerprint density at radius 1 is 1.09 bits per heavy atom. The Labute approximate surface area is 201 Å². The first-order valence-electron chi connectivity index (χ1n) is 10.5. The lowest BCUT2D eigenvalue weighted by Gasteiger charge is -2.19. The van der Waals surface area contributed by atoms with E-state index in [1.54, 1.807) is 22.9 Å². The van der Waals surface area contributed by atoms with Crippen LogP contribution in [0.25, 0.3) is 10.2 Å². The minimum Gasteiger partial charge on any atom is -0.282 e. The predicted octanol–water partition coefficient (Wildman–Crippen LogP) is 7.07. The number of benzene rings is 2. The largest absolute Gasteiger partial charge is 0.282 e. The molecule has 0 N–H and O–H groups in total. The number of thiazole rings is 1. The standard InChI is InChI=1S/C25H24ClN3OS2/c1-17-8-11-20(12-9-17)31-15-5-7-22(30)29(16-19-6-3-4-14-27-19)25-28-23-18(2)10-13-21(26)24(23)32-25/h3-4,6,8-14H,5,7,15-16H2,1-2H3. The molecule has 0 spiro atoms. The smallest absolute Gasteiger partial charge is 0.229 e. The number of hydrogen-bond acceptors (Lipinski definition) is 5. The van der Waals surface area contributed by atoms with Gasteiger partial charge in [-0.3, -0.25) is 14.7 Å². The molecule has 7 heteroatoms. The third-order valence-electron chi connectivity index (χ3n) is 5.09. The van der Waals surface area contributed by atoms with Crippen molar-refractivity contribution < 1.29 is 4.79 Å². The van der Waals surface area contributed by atoms with E-state index in [9.17, 15) is 4.79 Å². The van der Waals surface area contributed by atoms with Gasteiger partial charge in [0.15, 0.2) is 5.13 Å². The van der Waals surface area contributed by atoms with Crippen LogP contribution < -0.4 is 4.90 Å². The number of anilines is 1. The lowest BCUT2D eigenvalue weighted by atomic mass is 10.2. The van der Waals surface area contributed by atoms with Gasteiger partial charge in [-0.15, -0.1) is 11.8 Å². The van der Waals surface area contributed by atoms with Gasteiger partial charge in [0, 0.05) is 17.5 Å². The van der Waals surface area contributed by atoms with Gasteiger partial charge in [-0.05, 0) is 61.9 Å². The highest BCUT2D eigenvalue weighted by Crippen LogP contribution is 2.36. The van der Waals surface area contributed by atoms with Crippen LogP contribution in [0.5, 0.6) is 0 Å². The van der Waals surface area contributed by atoms with Gasteiger partial charge in [0.05, 0.1) is 27.5 Å². The first kappa shape index (κ1) is 22.8. The Hall–Kier alpha value is -2.41. The van der Waals surface area contributed by atoms with E-state index in [1.165, 1.54) is 21.8 Å². The summed E-state index contributed by atoms with van der Waals surface area (Å²) < 4.78 is 0.912. The normalized spacial score (nSPS) is 11.1. The number of rotatable bonds is 8. The Morgan fingerprint density at radius 3 is 2.62 bits per heavy atom. The second kappa shape index (κ2) is 10.5. The SMILES string of the molecule is Cc1ccc(SCCCC(=O)N(Cc2ccccn2)c2nc3c(C)ccc(Cl)c3s2)cc1. The Balaban J connectivity index is 1.50. The molecular weight excluding hydrogens is 458 g/mol. The summed E-state index contributed by atoms with van der Waals surface area (Å²) in [7, 11) is 0. The molecule has 0 aliphatic heterocycles. The van der Waals surface area contributed by atoms with E-state index in [1.807, 2.05) is 37.3 Å². The van der Waals surface area contributed by atoms with Crippen molar-refractivity contribution in [2.45, 2.75) is 38.1 Å². The molecule has 4 rings (SSSR count). The number of carbonyl (C=O) groups excluding carboxylic acids is 1. The molecule has 0 fully saturated rings. The monoisotopic (exact) mass is 481 g/mol. The van der Waals surface area contributed by atoms with Crippen molar-refractivity contribution in [3.63, 3.8) is 0 Å². The van der Waals surface area contributed by atoms with Crippen LogP contribution in [-0.2, 0) is 11.3 Å². The molecule has 0 aliphatic carbocycles. The van der Waals surface area contributed by atoms with Gasteiger partial charge in [0.25, 0.3) is 0 Å². The molecule has 2 aromatic carbocycles. The van der Waals surface area contributed by atoms with E-state index < -0.39 is 0 Å². The van der Waals surface area contributed by atoms with E-state index in [2.05, 4.69) is 36.2 Å². The number of hydrogen-bond donors (Lipinski definition) is 0. The van der Waals surface area contributed by atoms with Crippen molar-refractivity contribution in [2.24, 2.45) is 0 Å². The molecule has 0 atom stereocenters. The molecule has 0 saturated carbocycles. The number of carbonyl (C=O) groups is 1. The summed E-state index contributed by atoms with van der Waals surface area (Å²) in [6, 6.07) is 18.1. The van der Waals surface area contributed by atoms with Gasteiger partial charge in [0.1, 0.15) is 0 Å². The second-order valence-electron chi connectivity index (χ2n) is 7.60. The molecule has 2 heterocycles. The number of halogens is 1. The van der Waals surface area contributed by atoms with E-state index in [-0.39, 0.29) is 5.91 Å². The van der Waals surface area contributed by atoms with Gasteiger partial charge < -0.3 is 0 Å². The van der Waals surface area contributed by atoms with Crippen molar-refractivity contribution in [3.05, 3.63) is 82.6 Å². The van der Waals surface area contributed by atoms with Crippen LogP contribution in [0.15, 0.2) is 65.7 Å². The van der Waals surface area contributed by atoms with Crippen molar-refractivity contribution in [2.75, 3.05) is 10.7 Å². The van der Waals surface area contributed by atoms with Crippen LogP contribution in [0, 0.1) is 13.8 Å². The maximum absolute atomic E-state index is 13.3. The Bertz CT molecular complexity index is 1170. The van der Waals surface area contributed by atoms with Crippen LogP contribution in [0.3, 0.4) is 0 Å². The fourth-order valence-electron chi connectivity index (χ4n) is 3.31. The minimum absolute atomic E-state index is 0.0491. The van der Waals surface area contributed by atoms with E-state index in [4.69, 9.17) is 16.6 Å². The summed E-state index contributed by atoms with van der Waals surface area (Å²) in [5, 5.41) is 1.33. The van der Waals surface area contributed by atoms with Crippen LogP contribution in [0.2, 0.25) is 5.02 Å². The third kappa shape index (κ3) is 5.49. The summed E-state index contributed by atoms with van der Waals surface area (Å²) in [5.41, 5.74) is 3.98. The van der Waals surface area contributed by atoms with Crippen LogP contribution in [-0.4, -0.2) is 21.6 Å². The number of aromatic nitrogens is 2. The molecule has 0 unspecified atom stereocenters. The van der Waals surface area contributed by atoms with Gasteiger partial charge in [-0.1, -0.05) is 52.8 Å². The molecule has 0 aliphatic rings. The quantitative estimate of drug-likeness (QED) is 0.199. The highest BCUT2D eigenvalue weighted by Gasteiger charge is 2.21. The zero-order valence-corrected chi connectivity index (χ0v) is 20.4. The summed E-state index contributed by atoms with van der Waals surface area (Å²) >= 11 is 9.65. The fourth-order valence-corrected chi connectivity index (χ4v) is 5.49. The molecule has 0 radical (unpaired) electrons. The highest BCUT2D eigenvalue weighted by atomic mass is 35.5. The Kier molecular flexibility index (Phi) is 7.45. The van der Waals surface area contributed by atoms with Crippen molar-refractivity contribution in [3.8, 4) is 0 Å². The number of pyridine rings is 1. The molecule has 0 saturated heterocycles. The molecule has 2 aromatic heterocycles. The average Bonchev–Trinajstić information content (AvgIpc) is 3.26. The van der Waals surface area contributed by atoms with Crippen molar-refractivity contribution in [1.29, 1.82) is 0 Å². The summed E-state index contributed by atoms with van der Waals surface area (Å²) in [5.74, 6) is 0.935. The van der Waals surface area contributed by atoms with Gasteiger partial charge in [0.2, 0.25) is 5.91 Å². The van der Waals surface area contributed by atoms with Crippen LogP contribution in [0.1, 0.15) is 29.7 Å². The van der Waals surface area contributed by atoms with Crippen LogP contribution in [0.4, 0.5) is 5.13 Å². The van der Waals surface area contributed by atoms with Gasteiger partial charge in [-0.2, -0.15) is 0 Å². The number of nitrogens with zero attached hydrogens (tertiary/aromatic N) is 3. The molecule has 4 aromatic rings. The van der Waals surface area contributed by atoms with E-state index >= 15 is 0 Å². The van der Waals surface area contributed by atoms with E-state index in [0.29, 0.717) is 23.1 Å². The van der Waals surface area contributed by atoms with Gasteiger partial charge in [-0.25, -0.2) is 4.98 Å². The molecule has 164 valence electrons.